The third kappa shape index (κ3) is 3.99. The molecule has 0 saturated heterocycles. The Morgan fingerprint density at radius 1 is 1.38 bits per heavy atom. The maximum atomic E-state index is 5.59. The first-order chi connectivity index (χ1) is 6.33. The van der Waals surface area contributed by atoms with Gasteiger partial charge in [0, 0.05) is 23.8 Å². The van der Waals surface area contributed by atoms with E-state index in [-0.39, 0.29) is 0 Å². The quantitative estimate of drug-likeness (QED) is 0.791. The van der Waals surface area contributed by atoms with Gasteiger partial charge in [0.1, 0.15) is 0 Å². The summed E-state index contributed by atoms with van der Waals surface area (Å²) in [4.78, 5) is 0. The molecular weight excluding hydrogens is 228 g/mol. The van der Waals surface area contributed by atoms with E-state index in [1.807, 2.05) is 24.4 Å². The van der Waals surface area contributed by atoms with Gasteiger partial charge in [-0.15, -0.1) is 0 Å². The number of rotatable bonds is 4. The van der Waals surface area contributed by atoms with Crippen molar-refractivity contribution in [3.63, 3.8) is 0 Å². The number of nitrogens with two attached hydrogens (primary N) is 1. The zero-order chi connectivity index (χ0) is 9.52. The normalized spacial score (nSPS) is 11.3. The predicted molar refractivity (Wildman–Crippen MR) is 59.3 cm³/mol. The van der Waals surface area contributed by atoms with Gasteiger partial charge in [0.25, 0.3) is 0 Å². The maximum Gasteiger partial charge on any atom is 0.0443 e. The fourth-order valence-electron chi connectivity index (χ4n) is 0.934. The minimum atomic E-state index is 0.703. The molecule has 0 heterocycles. The zero-order valence-corrected chi connectivity index (χ0v) is 8.92. The van der Waals surface area contributed by atoms with Gasteiger partial charge < -0.3 is 11.1 Å². The number of halogens is 1. The van der Waals surface area contributed by atoms with E-state index in [1.54, 1.807) is 0 Å². The number of benzene rings is 1. The molecule has 0 spiro atoms. The molecule has 0 bridgehead atoms. The molecule has 0 radical (unpaired) electrons. The molecule has 2 nitrogen and oxygen atoms in total. The third-order valence-corrected chi connectivity index (χ3v) is 2.24. The second kappa shape index (κ2) is 5.65. The summed E-state index contributed by atoms with van der Waals surface area (Å²) < 4.78 is 0. The smallest absolute Gasteiger partial charge is 0.0443 e. The van der Waals surface area contributed by atoms with Crippen LogP contribution in [0.3, 0.4) is 0 Å². The zero-order valence-electron chi connectivity index (χ0n) is 7.33. The monoisotopic (exact) mass is 240 g/mol. The second-order valence-electron chi connectivity index (χ2n) is 2.72. The molecule has 1 aromatic carbocycles. The molecule has 0 aliphatic rings. The molecule has 3 heteroatoms. The maximum absolute atomic E-state index is 5.59. The minimum Gasteiger partial charge on any atom is -0.400 e. The molecule has 1 aromatic rings. The Morgan fingerprint density at radius 3 is 2.69 bits per heavy atom. The van der Waals surface area contributed by atoms with Gasteiger partial charge >= 0.3 is 0 Å². The van der Waals surface area contributed by atoms with E-state index in [9.17, 15) is 0 Å². The average Bonchev–Trinajstić information content (AvgIpc) is 2.19. The number of allylic oxidation sites excluding steroid dienone is 1. The Labute approximate surface area is 87.0 Å². The molecule has 70 valence electrons. The topological polar surface area (TPSA) is 38.0 Å². The molecule has 1 rings (SSSR count). The SMILES string of the molecule is N/C(=C\NCc1ccccc1)CBr. The highest BCUT2D eigenvalue weighted by Crippen LogP contribution is 1.97. The van der Waals surface area contributed by atoms with Gasteiger partial charge in [-0.25, -0.2) is 0 Å². The average molecular weight is 241 g/mol. The lowest BCUT2D eigenvalue weighted by Gasteiger charge is -2.01. The van der Waals surface area contributed by atoms with Gasteiger partial charge in [-0.1, -0.05) is 46.3 Å². The van der Waals surface area contributed by atoms with Crippen molar-refractivity contribution >= 4 is 15.9 Å². The number of alkyl halides is 1. The van der Waals surface area contributed by atoms with E-state index in [2.05, 4.69) is 33.4 Å². The lowest BCUT2D eigenvalue weighted by Crippen LogP contribution is -2.09. The van der Waals surface area contributed by atoms with Crippen LogP contribution in [-0.2, 0) is 6.54 Å². The summed E-state index contributed by atoms with van der Waals surface area (Å²) in [7, 11) is 0. The summed E-state index contributed by atoms with van der Waals surface area (Å²) in [5, 5.41) is 3.84. The summed E-state index contributed by atoms with van der Waals surface area (Å²) in [5.41, 5.74) is 7.64. The van der Waals surface area contributed by atoms with Gasteiger partial charge in [0.2, 0.25) is 0 Å². The molecule has 13 heavy (non-hydrogen) atoms. The first-order valence-corrected chi connectivity index (χ1v) is 5.23. The molecule has 0 unspecified atom stereocenters. The van der Waals surface area contributed by atoms with Crippen LogP contribution in [0.4, 0.5) is 0 Å². The van der Waals surface area contributed by atoms with Crippen molar-refractivity contribution in [2.24, 2.45) is 5.73 Å². The Kier molecular flexibility index (Phi) is 4.40. The van der Waals surface area contributed by atoms with Crippen LogP contribution in [0.25, 0.3) is 0 Å². The third-order valence-electron chi connectivity index (χ3n) is 1.59. The molecule has 0 aromatic heterocycles. The number of nitrogens with one attached hydrogen (secondary N) is 1. The Hall–Kier alpha value is -0.960. The number of hydrogen-bond acceptors (Lipinski definition) is 2. The van der Waals surface area contributed by atoms with Crippen molar-refractivity contribution in [3.8, 4) is 0 Å². The van der Waals surface area contributed by atoms with Crippen molar-refractivity contribution in [1.82, 2.24) is 5.32 Å². The van der Waals surface area contributed by atoms with E-state index in [4.69, 9.17) is 5.73 Å². The lowest BCUT2D eigenvalue weighted by atomic mass is 10.2. The van der Waals surface area contributed by atoms with Crippen molar-refractivity contribution < 1.29 is 0 Å². The van der Waals surface area contributed by atoms with Crippen LogP contribution in [0.5, 0.6) is 0 Å². The lowest BCUT2D eigenvalue weighted by molar-refractivity contribution is 0.859. The summed E-state index contributed by atoms with van der Waals surface area (Å²) in [6.07, 6.45) is 1.82. The molecule has 0 atom stereocenters. The van der Waals surface area contributed by atoms with Crippen LogP contribution in [-0.4, -0.2) is 5.33 Å². The standard InChI is InChI=1S/C10H13BrN2/c11-6-10(12)8-13-7-9-4-2-1-3-5-9/h1-5,8,13H,6-7,12H2/b10-8-. The molecule has 0 saturated carbocycles. The second-order valence-corrected chi connectivity index (χ2v) is 3.28. The van der Waals surface area contributed by atoms with Gasteiger partial charge in [0.05, 0.1) is 0 Å². The van der Waals surface area contributed by atoms with Gasteiger partial charge in [-0.3, -0.25) is 0 Å². The molecule has 0 amide bonds. The highest BCUT2D eigenvalue weighted by atomic mass is 79.9. The minimum absolute atomic E-state index is 0.703. The van der Waals surface area contributed by atoms with E-state index < -0.39 is 0 Å². The van der Waals surface area contributed by atoms with Crippen LogP contribution in [0.1, 0.15) is 5.56 Å². The first-order valence-electron chi connectivity index (χ1n) is 4.10. The molecule has 0 aliphatic carbocycles. The number of hydrogen-bond donors (Lipinski definition) is 2. The van der Waals surface area contributed by atoms with E-state index in [1.165, 1.54) is 5.56 Å². The van der Waals surface area contributed by atoms with Crippen LogP contribution in [0.2, 0.25) is 0 Å². The predicted octanol–water partition coefficient (Wildman–Crippen LogP) is 1.97. The van der Waals surface area contributed by atoms with Crippen LogP contribution in [0.15, 0.2) is 42.2 Å². The fourth-order valence-corrected chi connectivity index (χ4v) is 1.10. The van der Waals surface area contributed by atoms with E-state index in [0.29, 0.717) is 5.33 Å². The summed E-state index contributed by atoms with van der Waals surface area (Å²) >= 11 is 3.27. The Bertz CT molecular complexity index is 270. The molecular formula is C10H13BrN2. The fraction of sp³-hybridized carbons (Fsp3) is 0.200. The van der Waals surface area contributed by atoms with E-state index in [0.717, 1.165) is 12.2 Å². The summed E-state index contributed by atoms with van der Waals surface area (Å²) in [6.45, 7) is 0.814. The molecule has 3 N–H and O–H groups in total. The van der Waals surface area contributed by atoms with Crippen molar-refractivity contribution in [3.05, 3.63) is 47.8 Å². The molecule has 0 fully saturated rings. The summed E-state index contributed by atoms with van der Waals surface area (Å²) in [6, 6.07) is 10.2. The van der Waals surface area contributed by atoms with Gasteiger partial charge in [-0.05, 0) is 5.56 Å². The van der Waals surface area contributed by atoms with Gasteiger partial charge in [-0.2, -0.15) is 0 Å². The highest BCUT2D eigenvalue weighted by Gasteiger charge is 1.88. The molecule has 0 aliphatic heterocycles. The van der Waals surface area contributed by atoms with Crippen LogP contribution < -0.4 is 11.1 Å². The van der Waals surface area contributed by atoms with Crippen LogP contribution in [0, 0.1) is 0 Å². The van der Waals surface area contributed by atoms with Gasteiger partial charge in [0.15, 0.2) is 0 Å². The van der Waals surface area contributed by atoms with Crippen molar-refractivity contribution in [2.75, 3.05) is 5.33 Å². The largest absolute Gasteiger partial charge is 0.400 e. The van der Waals surface area contributed by atoms with Crippen LogP contribution >= 0.6 is 15.9 Å². The van der Waals surface area contributed by atoms with Crippen molar-refractivity contribution in [2.45, 2.75) is 6.54 Å². The summed E-state index contributed by atoms with van der Waals surface area (Å²) in [5.74, 6) is 0. The van der Waals surface area contributed by atoms with Crippen molar-refractivity contribution in [1.29, 1.82) is 0 Å². The van der Waals surface area contributed by atoms with E-state index >= 15 is 0 Å². The Morgan fingerprint density at radius 2 is 2.08 bits per heavy atom. The Balaban J connectivity index is 2.36. The highest BCUT2D eigenvalue weighted by molar-refractivity contribution is 9.09. The first kappa shape index (κ1) is 10.1.